The van der Waals surface area contributed by atoms with Crippen LogP contribution in [0.25, 0.3) is 10.9 Å². The molecule has 122 valence electrons. The summed E-state index contributed by atoms with van der Waals surface area (Å²) >= 11 is 0. The summed E-state index contributed by atoms with van der Waals surface area (Å²) in [4.78, 5) is 16.8. The summed E-state index contributed by atoms with van der Waals surface area (Å²) in [5.41, 5.74) is 5.78. The Balaban J connectivity index is 0.00000182. The maximum atomic E-state index is 10.9. The second-order valence-electron chi connectivity index (χ2n) is 6.46. The van der Waals surface area contributed by atoms with Crippen molar-refractivity contribution in [3.8, 4) is 0 Å². The van der Waals surface area contributed by atoms with E-state index in [1.54, 1.807) is 0 Å². The van der Waals surface area contributed by atoms with Gasteiger partial charge in [0.25, 0.3) is 0 Å². The molecular weight excluding hydrogens is 339 g/mol. The van der Waals surface area contributed by atoms with E-state index in [0.29, 0.717) is 0 Å². The Kier molecular flexibility index (Phi) is 6.15. The summed E-state index contributed by atoms with van der Waals surface area (Å²) in [7, 11) is 0. The number of carboxylic acid groups (broad SMARTS) is 1. The van der Waals surface area contributed by atoms with Gasteiger partial charge in [0.15, 0.2) is 0 Å². The number of H-pyrrole nitrogens is 1. The first kappa shape index (κ1) is 18.8. The van der Waals surface area contributed by atoms with Crippen molar-refractivity contribution in [1.29, 1.82) is 0 Å². The van der Waals surface area contributed by atoms with Crippen LogP contribution < -0.4 is 56.5 Å². The molecule has 0 unspecified atom stereocenters. The van der Waals surface area contributed by atoms with Gasteiger partial charge in [0.2, 0.25) is 0 Å². The first-order valence-corrected chi connectivity index (χ1v) is 8.27. The number of carboxylic acids is 1. The van der Waals surface area contributed by atoms with Gasteiger partial charge in [0, 0.05) is 55.0 Å². The van der Waals surface area contributed by atoms with Crippen LogP contribution >= 0.6 is 0 Å². The Morgan fingerprint density at radius 2 is 1.92 bits per heavy atom. The topological polar surface area (TPSA) is 59.2 Å². The molecule has 2 heterocycles. The Labute approximate surface area is 189 Å². The van der Waals surface area contributed by atoms with Gasteiger partial charge in [0.1, 0.15) is 0 Å². The molecule has 1 aromatic heterocycles. The predicted molar refractivity (Wildman–Crippen MR) is 91.3 cm³/mol. The van der Waals surface area contributed by atoms with Gasteiger partial charge < -0.3 is 14.9 Å². The summed E-state index contributed by atoms with van der Waals surface area (Å²) in [6.45, 7) is 2.85. The van der Waals surface area contributed by atoms with Gasteiger partial charge in [0.05, 0.1) is 0 Å². The quantitative estimate of drug-likeness (QED) is 0.610. The van der Waals surface area contributed by atoms with E-state index >= 15 is 0 Å². The zero-order chi connectivity index (χ0) is 16.5. The van der Waals surface area contributed by atoms with Crippen molar-refractivity contribution in [2.24, 2.45) is 0 Å². The molecule has 3 aromatic rings. The maximum absolute atomic E-state index is 10.9. The normalized spacial score (nSPS) is 14.1. The minimum Gasteiger partial charge on any atom is -0.550 e. The molecule has 4 nitrogen and oxygen atoms in total. The molecule has 0 amide bonds. The third-order valence-electron chi connectivity index (χ3n) is 4.72. The number of nitrogens with zero attached hydrogens (tertiary/aromatic N) is 1. The zero-order valence-electron chi connectivity index (χ0n) is 14.4. The van der Waals surface area contributed by atoms with Crippen LogP contribution in [0.5, 0.6) is 0 Å². The summed E-state index contributed by atoms with van der Waals surface area (Å²) < 4.78 is 0. The van der Waals surface area contributed by atoms with Crippen LogP contribution in [0.4, 0.5) is 0 Å². The standard InChI is InChI=1S/C20H20N2O2.K/c23-20(24)11-15-6-7-18-16(10-15)17-13-22(9-8-19(17)21-18)12-14-4-2-1-3-5-14;/h1-7,10,21H,8-9,11-13H2,(H,23,24);/q;+1/p-1. The van der Waals surface area contributed by atoms with Gasteiger partial charge in [-0.25, -0.2) is 0 Å². The van der Waals surface area contributed by atoms with E-state index in [1.807, 2.05) is 24.3 Å². The predicted octanol–water partition coefficient (Wildman–Crippen LogP) is -0.977. The number of carbonyl (C=O) groups excluding carboxylic acids is 1. The number of nitrogens with one attached hydrogen (secondary N) is 1. The van der Waals surface area contributed by atoms with Gasteiger partial charge in [-0.3, -0.25) is 4.90 Å². The first-order chi connectivity index (χ1) is 11.7. The van der Waals surface area contributed by atoms with Gasteiger partial charge in [-0.15, -0.1) is 0 Å². The zero-order valence-corrected chi connectivity index (χ0v) is 17.5. The van der Waals surface area contributed by atoms with Crippen molar-refractivity contribution < 1.29 is 61.3 Å². The van der Waals surface area contributed by atoms with Crippen LogP contribution in [0.3, 0.4) is 0 Å². The largest absolute Gasteiger partial charge is 1.00 e. The molecule has 0 saturated heterocycles. The number of hydrogen-bond acceptors (Lipinski definition) is 3. The van der Waals surface area contributed by atoms with E-state index in [9.17, 15) is 9.90 Å². The van der Waals surface area contributed by atoms with Gasteiger partial charge in [-0.1, -0.05) is 36.4 Å². The number of hydrogen-bond donors (Lipinski definition) is 1. The fourth-order valence-electron chi connectivity index (χ4n) is 3.57. The van der Waals surface area contributed by atoms with Crippen molar-refractivity contribution in [3.05, 3.63) is 70.9 Å². The number of carbonyl (C=O) groups is 1. The number of aromatic nitrogens is 1. The summed E-state index contributed by atoms with van der Waals surface area (Å²) in [6.07, 6.45) is 0.955. The average molecular weight is 358 g/mol. The van der Waals surface area contributed by atoms with Gasteiger partial charge in [-0.05, 0) is 28.8 Å². The maximum Gasteiger partial charge on any atom is 1.00 e. The van der Waals surface area contributed by atoms with E-state index in [2.05, 4.69) is 34.1 Å². The van der Waals surface area contributed by atoms with Crippen LogP contribution in [0.2, 0.25) is 0 Å². The third-order valence-corrected chi connectivity index (χ3v) is 4.72. The third kappa shape index (κ3) is 4.24. The molecule has 0 atom stereocenters. The number of aliphatic carboxylic acids is 1. The SMILES string of the molecule is O=C([O-])Cc1ccc2[nH]c3c(c2c1)CN(Cc1ccccc1)CC3.[K+]. The van der Waals surface area contributed by atoms with Crippen LogP contribution in [0.15, 0.2) is 48.5 Å². The van der Waals surface area contributed by atoms with Crippen LogP contribution in [0, 0.1) is 0 Å². The molecule has 0 radical (unpaired) electrons. The Bertz CT molecular complexity index is 889. The smallest absolute Gasteiger partial charge is 0.550 e. The van der Waals surface area contributed by atoms with Gasteiger partial charge in [-0.2, -0.15) is 0 Å². The average Bonchev–Trinajstić information content (AvgIpc) is 2.93. The molecule has 1 N–H and O–H groups in total. The molecule has 4 rings (SSSR count). The minimum absolute atomic E-state index is 0. The van der Waals surface area contributed by atoms with E-state index < -0.39 is 5.97 Å². The monoisotopic (exact) mass is 358 g/mol. The van der Waals surface area contributed by atoms with Crippen molar-refractivity contribution >= 4 is 16.9 Å². The number of fused-ring (bicyclic) bond motifs is 3. The molecule has 0 aliphatic carbocycles. The second kappa shape index (κ2) is 8.16. The van der Waals surface area contributed by atoms with E-state index in [4.69, 9.17) is 0 Å². The first-order valence-electron chi connectivity index (χ1n) is 8.27. The second-order valence-corrected chi connectivity index (χ2v) is 6.46. The van der Waals surface area contributed by atoms with Crippen molar-refractivity contribution in [3.63, 3.8) is 0 Å². The minimum atomic E-state index is -1.04. The molecule has 1 aliphatic rings. The van der Waals surface area contributed by atoms with Crippen molar-refractivity contribution in [1.82, 2.24) is 9.88 Å². The number of benzene rings is 2. The van der Waals surface area contributed by atoms with Crippen molar-refractivity contribution in [2.45, 2.75) is 25.9 Å². The van der Waals surface area contributed by atoms with Crippen molar-refractivity contribution in [2.75, 3.05) is 6.54 Å². The van der Waals surface area contributed by atoms with E-state index in [0.717, 1.165) is 42.5 Å². The summed E-state index contributed by atoms with van der Waals surface area (Å²) in [5, 5.41) is 12.0. The number of rotatable bonds is 4. The fraction of sp³-hybridized carbons (Fsp3) is 0.250. The Morgan fingerprint density at radius 3 is 2.68 bits per heavy atom. The Hall–Kier alpha value is -0.954. The molecule has 2 aromatic carbocycles. The molecule has 1 aliphatic heterocycles. The Morgan fingerprint density at radius 1 is 1.12 bits per heavy atom. The summed E-state index contributed by atoms with van der Waals surface area (Å²) in [5.74, 6) is -1.04. The fourth-order valence-corrected chi connectivity index (χ4v) is 3.57. The molecule has 25 heavy (non-hydrogen) atoms. The van der Waals surface area contributed by atoms with E-state index in [-0.39, 0.29) is 57.8 Å². The molecule has 0 fully saturated rings. The van der Waals surface area contributed by atoms with Crippen LogP contribution in [-0.2, 0) is 30.7 Å². The molecule has 0 saturated carbocycles. The van der Waals surface area contributed by atoms with Gasteiger partial charge >= 0.3 is 51.4 Å². The summed E-state index contributed by atoms with van der Waals surface area (Å²) in [6, 6.07) is 16.3. The van der Waals surface area contributed by atoms with E-state index in [1.165, 1.54) is 16.8 Å². The van der Waals surface area contributed by atoms with Crippen LogP contribution in [0.1, 0.15) is 22.4 Å². The molecule has 0 spiro atoms. The molecule has 5 heteroatoms. The number of aromatic amines is 1. The molecule has 0 bridgehead atoms. The molecular formula is C20H19KN2O2. The van der Waals surface area contributed by atoms with Crippen LogP contribution in [-0.4, -0.2) is 22.4 Å².